The second-order valence-electron chi connectivity index (χ2n) is 3.77. The average molecular weight is 176 g/mol. The van der Waals surface area contributed by atoms with Gasteiger partial charge >= 0.3 is 0 Å². The molecule has 1 aromatic rings. The molecule has 0 bridgehead atoms. The van der Waals surface area contributed by atoms with Crippen LogP contribution in [0.1, 0.15) is 36.5 Å². The van der Waals surface area contributed by atoms with Gasteiger partial charge in [-0.15, -0.1) is 0 Å². The Morgan fingerprint density at radius 3 is 2.77 bits per heavy atom. The third-order valence-electron chi connectivity index (χ3n) is 2.97. The summed E-state index contributed by atoms with van der Waals surface area (Å²) in [6.45, 7) is 2.09. The molecule has 1 aliphatic rings. The largest absolute Gasteiger partial charge is 0.507 e. The monoisotopic (exact) mass is 176 g/mol. The van der Waals surface area contributed by atoms with Gasteiger partial charge in [0.2, 0.25) is 0 Å². The van der Waals surface area contributed by atoms with E-state index in [4.69, 9.17) is 0 Å². The van der Waals surface area contributed by atoms with Crippen LogP contribution in [0.25, 0.3) is 0 Å². The average Bonchev–Trinajstić information content (AvgIpc) is 2.19. The summed E-state index contributed by atoms with van der Waals surface area (Å²) in [6.07, 6.45) is 5.65. The Morgan fingerprint density at radius 2 is 2.00 bits per heavy atom. The maximum absolute atomic E-state index is 9.93. The zero-order valence-electron chi connectivity index (χ0n) is 8.14. The molecule has 13 heavy (non-hydrogen) atoms. The fourth-order valence-electron chi connectivity index (χ4n) is 2.14. The van der Waals surface area contributed by atoms with Crippen molar-refractivity contribution >= 4 is 0 Å². The normalized spacial score (nSPS) is 15.5. The van der Waals surface area contributed by atoms with E-state index in [2.05, 4.69) is 19.1 Å². The van der Waals surface area contributed by atoms with Crippen LogP contribution in [0.4, 0.5) is 0 Å². The molecule has 1 nitrogen and oxygen atoms in total. The number of hydrogen-bond acceptors (Lipinski definition) is 1. The summed E-state index contributed by atoms with van der Waals surface area (Å²) in [5.74, 6) is 0.569. The molecule has 0 atom stereocenters. The molecule has 1 aliphatic carbocycles. The lowest BCUT2D eigenvalue weighted by Crippen LogP contribution is -2.03. The molecule has 0 spiro atoms. The Hall–Kier alpha value is -0.980. The van der Waals surface area contributed by atoms with E-state index in [0.717, 1.165) is 24.8 Å². The van der Waals surface area contributed by atoms with Crippen LogP contribution in [0.2, 0.25) is 0 Å². The first kappa shape index (κ1) is 8.61. The van der Waals surface area contributed by atoms with Gasteiger partial charge in [-0.2, -0.15) is 0 Å². The van der Waals surface area contributed by atoms with Gasteiger partial charge in [-0.05, 0) is 48.8 Å². The second-order valence-corrected chi connectivity index (χ2v) is 3.77. The van der Waals surface area contributed by atoms with Crippen molar-refractivity contribution < 1.29 is 5.11 Å². The predicted octanol–water partition coefficient (Wildman–Crippen LogP) is 2.83. The van der Waals surface area contributed by atoms with Gasteiger partial charge in [-0.25, -0.2) is 0 Å². The molecule has 0 aliphatic heterocycles. The first-order chi connectivity index (χ1) is 6.33. The number of aromatic hydroxyl groups is 1. The van der Waals surface area contributed by atoms with Gasteiger partial charge in [-0.1, -0.05) is 19.1 Å². The highest BCUT2D eigenvalue weighted by molar-refractivity contribution is 5.46. The van der Waals surface area contributed by atoms with Crippen LogP contribution in [-0.2, 0) is 19.3 Å². The van der Waals surface area contributed by atoms with Crippen molar-refractivity contribution in [2.45, 2.75) is 39.0 Å². The minimum absolute atomic E-state index is 0.569. The highest BCUT2D eigenvalue weighted by Crippen LogP contribution is 2.31. The van der Waals surface area contributed by atoms with Crippen molar-refractivity contribution in [3.05, 3.63) is 28.8 Å². The van der Waals surface area contributed by atoms with Crippen LogP contribution in [0.15, 0.2) is 12.1 Å². The zero-order valence-corrected chi connectivity index (χ0v) is 8.14. The molecule has 1 N–H and O–H groups in total. The van der Waals surface area contributed by atoms with E-state index in [1.165, 1.54) is 24.0 Å². The molecule has 2 rings (SSSR count). The lowest BCUT2D eigenvalue weighted by atomic mass is 9.89. The van der Waals surface area contributed by atoms with Gasteiger partial charge < -0.3 is 5.11 Å². The molecule has 0 heterocycles. The van der Waals surface area contributed by atoms with Gasteiger partial charge in [0.15, 0.2) is 0 Å². The van der Waals surface area contributed by atoms with E-state index < -0.39 is 0 Å². The predicted molar refractivity (Wildman–Crippen MR) is 54.1 cm³/mol. The van der Waals surface area contributed by atoms with Crippen molar-refractivity contribution in [2.75, 3.05) is 0 Å². The molecule has 0 saturated carbocycles. The summed E-state index contributed by atoms with van der Waals surface area (Å²) in [7, 11) is 0. The fraction of sp³-hybridized carbons (Fsp3) is 0.500. The van der Waals surface area contributed by atoms with E-state index in [0.29, 0.717) is 5.75 Å². The molecule has 0 fully saturated rings. The number of phenols is 1. The summed E-state index contributed by atoms with van der Waals surface area (Å²) >= 11 is 0. The Morgan fingerprint density at radius 1 is 1.23 bits per heavy atom. The lowest BCUT2D eigenvalue weighted by molar-refractivity contribution is 0.455. The van der Waals surface area contributed by atoms with Gasteiger partial charge in [0, 0.05) is 0 Å². The first-order valence-electron chi connectivity index (χ1n) is 5.15. The molecular weight excluding hydrogens is 160 g/mol. The van der Waals surface area contributed by atoms with E-state index in [1.807, 2.05) is 0 Å². The number of benzene rings is 1. The number of phenolic OH excluding ortho intramolecular Hbond substituents is 1. The minimum atomic E-state index is 0.569. The van der Waals surface area contributed by atoms with Crippen molar-refractivity contribution in [1.29, 1.82) is 0 Å². The highest BCUT2D eigenvalue weighted by atomic mass is 16.3. The van der Waals surface area contributed by atoms with Gasteiger partial charge in [0.25, 0.3) is 0 Å². The number of fused-ring (bicyclic) bond motifs is 1. The lowest BCUT2D eigenvalue weighted by Gasteiger charge is -2.18. The van der Waals surface area contributed by atoms with Crippen LogP contribution in [0.5, 0.6) is 5.75 Å². The van der Waals surface area contributed by atoms with Crippen molar-refractivity contribution in [2.24, 2.45) is 0 Å². The summed E-state index contributed by atoms with van der Waals surface area (Å²) < 4.78 is 0. The Kier molecular flexibility index (Phi) is 2.26. The zero-order chi connectivity index (χ0) is 9.26. The molecule has 70 valence electrons. The summed E-state index contributed by atoms with van der Waals surface area (Å²) in [5, 5.41) is 9.93. The van der Waals surface area contributed by atoms with Crippen LogP contribution < -0.4 is 0 Å². The minimum Gasteiger partial charge on any atom is -0.507 e. The van der Waals surface area contributed by atoms with Crippen LogP contribution in [0, 0.1) is 0 Å². The molecule has 1 aromatic carbocycles. The molecular formula is C12H16O. The SMILES string of the molecule is CCc1ccc2c(c1O)CCCC2. The number of hydrogen-bond donors (Lipinski definition) is 1. The third-order valence-corrected chi connectivity index (χ3v) is 2.97. The van der Waals surface area contributed by atoms with Crippen molar-refractivity contribution in [1.82, 2.24) is 0 Å². The number of rotatable bonds is 1. The van der Waals surface area contributed by atoms with E-state index in [9.17, 15) is 5.11 Å². The topological polar surface area (TPSA) is 20.2 Å². The Balaban J connectivity index is 2.48. The summed E-state index contributed by atoms with van der Waals surface area (Å²) in [5.41, 5.74) is 3.67. The molecule has 0 aromatic heterocycles. The Labute approximate surface area is 79.4 Å². The summed E-state index contributed by atoms with van der Waals surface area (Å²) in [6, 6.07) is 4.26. The molecule has 0 radical (unpaired) electrons. The van der Waals surface area contributed by atoms with E-state index in [-0.39, 0.29) is 0 Å². The smallest absolute Gasteiger partial charge is 0.122 e. The quantitative estimate of drug-likeness (QED) is 0.697. The van der Waals surface area contributed by atoms with E-state index >= 15 is 0 Å². The standard InChI is InChI=1S/C12H16O/c1-2-9-7-8-10-5-3-4-6-11(10)12(9)13/h7-8,13H,2-6H2,1H3. The van der Waals surface area contributed by atoms with Crippen LogP contribution >= 0.6 is 0 Å². The van der Waals surface area contributed by atoms with Crippen molar-refractivity contribution in [3.63, 3.8) is 0 Å². The van der Waals surface area contributed by atoms with Gasteiger partial charge in [0.1, 0.15) is 5.75 Å². The van der Waals surface area contributed by atoms with Gasteiger partial charge in [0.05, 0.1) is 0 Å². The Bertz CT molecular complexity index is 315. The van der Waals surface area contributed by atoms with Gasteiger partial charge in [-0.3, -0.25) is 0 Å². The highest BCUT2D eigenvalue weighted by Gasteiger charge is 2.14. The first-order valence-corrected chi connectivity index (χ1v) is 5.15. The number of aryl methyl sites for hydroxylation is 2. The molecule has 0 amide bonds. The van der Waals surface area contributed by atoms with Crippen LogP contribution in [-0.4, -0.2) is 5.11 Å². The maximum Gasteiger partial charge on any atom is 0.122 e. The second kappa shape index (κ2) is 3.41. The van der Waals surface area contributed by atoms with E-state index in [1.54, 1.807) is 0 Å². The summed E-state index contributed by atoms with van der Waals surface area (Å²) in [4.78, 5) is 0. The van der Waals surface area contributed by atoms with Crippen LogP contribution in [0.3, 0.4) is 0 Å². The fourth-order valence-corrected chi connectivity index (χ4v) is 2.14. The van der Waals surface area contributed by atoms with Crippen molar-refractivity contribution in [3.8, 4) is 5.75 Å². The molecule has 1 heteroatoms. The molecule has 0 unspecified atom stereocenters. The molecule has 0 saturated heterocycles. The third kappa shape index (κ3) is 1.43. The maximum atomic E-state index is 9.93.